The summed E-state index contributed by atoms with van der Waals surface area (Å²) < 4.78 is 5.50. The average molecular weight is 549 g/mol. The molecule has 214 valence electrons. The van der Waals surface area contributed by atoms with Crippen LogP contribution in [0, 0.1) is 0 Å². The van der Waals surface area contributed by atoms with Crippen molar-refractivity contribution in [3.05, 3.63) is 77.0 Å². The molecule has 0 radical (unpaired) electrons. The fraction of sp³-hybridized carbons (Fsp3) is 0.355. The quantitative estimate of drug-likeness (QED) is 0.305. The average Bonchev–Trinajstić information content (AvgIpc) is 2.94. The first-order chi connectivity index (χ1) is 19.1. The van der Waals surface area contributed by atoms with E-state index in [1.165, 1.54) is 25.1 Å². The Bertz CT molecular complexity index is 1350. The number of rotatable bonds is 11. The molecule has 0 fully saturated rings. The highest BCUT2D eigenvalue weighted by Crippen LogP contribution is 2.24. The lowest BCUT2D eigenvalue weighted by Gasteiger charge is -2.17. The predicted octanol–water partition coefficient (Wildman–Crippen LogP) is 4.20. The summed E-state index contributed by atoms with van der Waals surface area (Å²) in [5, 5.41) is 15.9. The number of Topliss-reactive ketones (excluding diaryl/α,β-unsaturated/α-hetero) is 1. The van der Waals surface area contributed by atoms with Crippen molar-refractivity contribution in [1.82, 2.24) is 20.5 Å². The molecule has 1 atom stereocenters. The van der Waals surface area contributed by atoms with Crippen LogP contribution in [0.3, 0.4) is 0 Å². The third-order valence-electron chi connectivity index (χ3n) is 6.07. The predicted molar refractivity (Wildman–Crippen MR) is 158 cm³/mol. The molecule has 9 nitrogen and oxygen atoms in total. The van der Waals surface area contributed by atoms with E-state index in [-0.39, 0.29) is 35.8 Å². The number of aromatic nitrogens is 1. The van der Waals surface area contributed by atoms with E-state index in [4.69, 9.17) is 4.74 Å². The molecule has 1 aromatic heterocycles. The minimum atomic E-state index is -0.810. The van der Waals surface area contributed by atoms with Gasteiger partial charge in [0.1, 0.15) is 18.1 Å². The molecule has 1 amide bonds. The van der Waals surface area contributed by atoms with Crippen LogP contribution in [0.25, 0.3) is 16.6 Å². The number of nitrogens with zero attached hydrogens (tertiary/aromatic N) is 2. The lowest BCUT2D eigenvalue weighted by molar-refractivity contribution is -0.118. The van der Waals surface area contributed by atoms with Gasteiger partial charge in [-0.2, -0.15) is 0 Å². The molecule has 2 aromatic carbocycles. The zero-order chi connectivity index (χ0) is 29.8. The summed E-state index contributed by atoms with van der Waals surface area (Å²) in [6.45, 7) is 8.04. The van der Waals surface area contributed by atoms with E-state index in [1.54, 1.807) is 18.2 Å². The van der Waals surface area contributed by atoms with Gasteiger partial charge in [0.2, 0.25) is 0 Å². The van der Waals surface area contributed by atoms with E-state index >= 15 is 0 Å². The molecule has 0 saturated heterocycles. The van der Waals surface area contributed by atoms with Gasteiger partial charge in [-0.15, -0.1) is 0 Å². The van der Waals surface area contributed by atoms with Crippen molar-refractivity contribution in [2.45, 2.75) is 40.2 Å². The van der Waals surface area contributed by atoms with Crippen molar-refractivity contribution < 1.29 is 24.2 Å². The lowest BCUT2D eigenvalue weighted by atomic mass is 10.0. The second kappa shape index (κ2) is 15.4. The molecule has 40 heavy (non-hydrogen) atoms. The molecule has 0 spiro atoms. The highest BCUT2D eigenvalue weighted by molar-refractivity contribution is 6.07. The molecule has 1 unspecified atom stereocenters. The van der Waals surface area contributed by atoms with Crippen LogP contribution in [0.1, 0.15) is 59.7 Å². The third-order valence-corrected chi connectivity index (χ3v) is 6.07. The molecular formula is C31H40N4O5. The maximum Gasteiger partial charge on any atom is 0.338 e. The molecule has 0 aliphatic carbocycles. The number of carbonyl (C=O) groups is 3. The van der Waals surface area contributed by atoms with Crippen molar-refractivity contribution >= 4 is 34.3 Å². The third kappa shape index (κ3) is 8.64. The Balaban J connectivity index is 0.00000274. The fourth-order valence-corrected chi connectivity index (χ4v) is 3.93. The van der Waals surface area contributed by atoms with E-state index < -0.39 is 17.9 Å². The summed E-state index contributed by atoms with van der Waals surface area (Å²) in [5.41, 5.74) is 3.17. The Labute approximate surface area is 236 Å². The van der Waals surface area contributed by atoms with E-state index in [0.717, 1.165) is 16.8 Å². The van der Waals surface area contributed by atoms with Gasteiger partial charge in [-0.25, -0.2) is 9.78 Å². The summed E-state index contributed by atoms with van der Waals surface area (Å²) >= 11 is 0. The van der Waals surface area contributed by atoms with Crippen molar-refractivity contribution in [2.75, 3.05) is 34.3 Å². The summed E-state index contributed by atoms with van der Waals surface area (Å²) in [6.07, 6.45) is 2.16. The number of ketones is 1. The number of pyridine rings is 1. The zero-order valence-electron chi connectivity index (χ0n) is 24.4. The smallest absolute Gasteiger partial charge is 0.338 e. The Morgan fingerprint density at radius 1 is 1.07 bits per heavy atom. The number of carbonyl (C=O) groups excluding carboxylic acids is 3. The maximum atomic E-state index is 13.2. The SMILES string of the molecule is C/C=C(\NC)c1ccc2nc(C(=O)NC(Cc3ccc(O)cc3)C(C)=O)cc(C(=O)OCCN(C)C)c2c1.CC. The Kier molecular flexibility index (Phi) is 12.3. The van der Waals surface area contributed by atoms with E-state index in [2.05, 4.69) is 15.6 Å². The number of ether oxygens (including phenoxy) is 1. The highest BCUT2D eigenvalue weighted by Gasteiger charge is 2.23. The van der Waals surface area contributed by atoms with Crippen LogP contribution in [-0.4, -0.2) is 73.0 Å². The zero-order valence-corrected chi connectivity index (χ0v) is 24.4. The Morgan fingerprint density at radius 2 is 1.75 bits per heavy atom. The normalized spacial score (nSPS) is 11.8. The molecule has 0 aliphatic heterocycles. The van der Waals surface area contributed by atoms with Gasteiger partial charge in [0.15, 0.2) is 5.78 Å². The number of phenols is 1. The van der Waals surface area contributed by atoms with Gasteiger partial charge in [-0.3, -0.25) is 9.59 Å². The lowest BCUT2D eigenvalue weighted by Crippen LogP contribution is -2.41. The number of nitrogens with one attached hydrogen (secondary N) is 2. The number of hydrogen-bond donors (Lipinski definition) is 3. The molecule has 0 bridgehead atoms. The molecule has 1 heterocycles. The number of likely N-dealkylation sites (N-methyl/N-ethyl adjacent to an activating group) is 1. The van der Waals surface area contributed by atoms with Gasteiger partial charge >= 0.3 is 5.97 Å². The van der Waals surface area contributed by atoms with Crippen LogP contribution in [0.4, 0.5) is 0 Å². The van der Waals surface area contributed by atoms with Gasteiger partial charge in [0, 0.05) is 24.7 Å². The van der Waals surface area contributed by atoms with Gasteiger partial charge < -0.3 is 25.4 Å². The number of esters is 1. The van der Waals surface area contributed by atoms with Gasteiger partial charge in [-0.05, 0) is 75.8 Å². The van der Waals surface area contributed by atoms with Crippen LogP contribution in [0.2, 0.25) is 0 Å². The second-order valence-electron chi connectivity index (χ2n) is 9.19. The van der Waals surface area contributed by atoms with Crippen molar-refractivity contribution in [1.29, 1.82) is 0 Å². The number of fused-ring (bicyclic) bond motifs is 1. The van der Waals surface area contributed by atoms with Crippen LogP contribution in [0.5, 0.6) is 5.75 Å². The summed E-state index contributed by atoms with van der Waals surface area (Å²) in [4.78, 5) is 45.1. The van der Waals surface area contributed by atoms with E-state index in [1.807, 2.05) is 65.0 Å². The monoisotopic (exact) mass is 548 g/mol. The van der Waals surface area contributed by atoms with Gasteiger partial charge in [0.25, 0.3) is 5.91 Å². The number of amides is 1. The first-order valence-electron chi connectivity index (χ1n) is 13.3. The first-order valence-corrected chi connectivity index (χ1v) is 13.3. The molecule has 3 N–H and O–H groups in total. The largest absolute Gasteiger partial charge is 0.508 e. The molecule has 0 aliphatic rings. The number of benzene rings is 2. The molecular weight excluding hydrogens is 508 g/mol. The molecule has 3 rings (SSSR count). The Morgan fingerprint density at radius 3 is 2.33 bits per heavy atom. The number of aromatic hydroxyl groups is 1. The topological polar surface area (TPSA) is 121 Å². The van der Waals surface area contributed by atoms with Crippen LogP contribution >= 0.6 is 0 Å². The summed E-state index contributed by atoms with van der Waals surface area (Å²) in [7, 11) is 5.57. The molecule has 0 saturated carbocycles. The van der Waals surface area contributed by atoms with Crippen molar-refractivity contribution in [3.8, 4) is 5.75 Å². The first kappa shape index (κ1) is 32.0. The van der Waals surface area contributed by atoms with Crippen molar-refractivity contribution in [2.24, 2.45) is 0 Å². The van der Waals surface area contributed by atoms with Crippen LogP contribution in [-0.2, 0) is 16.0 Å². The molecule has 9 heteroatoms. The van der Waals surface area contributed by atoms with E-state index in [9.17, 15) is 19.5 Å². The number of phenolic OH excluding ortho intramolecular Hbond substituents is 1. The van der Waals surface area contributed by atoms with Crippen molar-refractivity contribution in [3.63, 3.8) is 0 Å². The fourth-order valence-electron chi connectivity index (χ4n) is 3.93. The molecule has 3 aromatic rings. The number of hydrogen-bond acceptors (Lipinski definition) is 8. The van der Waals surface area contributed by atoms with Crippen LogP contribution < -0.4 is 10.6 Å². The Hall–Kier alpha value is -4.24. The minimum Gasteiger partial charge on any atom is -0.508 e. The highest BCUT2D eigenvalue weighted by atomic mass is 16.5. The maximum absolute atomic E-state index is 13.2. The van der Waals surface area contributed by atoms with Crippen LogP contribution in [0.15, 0.2) is 54.6 Å². The van der Waals surface area contributed by atoms with E-state index in [0.29, 0.717) is 17.4 Å². The van der Waals surface area contributed by atoms with Gasteiger partial charge in [0.05, 0.1) is 17.1 Å². The summed E-state index contributed by atoms with van der Waals surface area (Å²) in [6, 6.07) is 12.5. The second-order valence-corrected chi connectivity index (χ2v) is 9.19. The number of allylic oxidation sites excluding steroid dienone is 1. The van der Waals surface area contributed by atoms with Gasteiger partial charge in [-0.1, -0.05) is 38.1 Å². The minimum absolute atomic E-state index is 0.00152. The standard InChI is InChI=1S/C29H34N4O5.C2H6/c1-6-24(30-3)20-9-12-25-22(16-20)23(29(37)38-14-13-33(4)5)17-27(31-25)28(36)32-26(18(2)34)15-19-7-10-21(35)11-8-19;1-2/h6-12,16-17,26,30,35H,13-15H2,1-5H3,(H,32,36);1-2H3/b24-6-;. The summed E-state index contributed by atoms with van der Waals surface area (Å²) in [5.74, 6) is -1.26.